The van der Waals surface area contributed by atoms with Crippen LogP contribution in [0, 0.1) is 35.5 Å². The van der Waals surface area contributed by atoms with E-state index in [1.807, 2.05) is 11.9 Å². The Hall–Kier alpha value is -0.570. The topological polar surface area (TPSA) is 46.3 Å². The molecule has 3 nitrogen and oxygen atoms in total. The second-order valence-corrected chi connectivity index (χ2v) is 8.27. The summed E-state index contributed by atoms with van der Waals surface area (Å²) in [6, 6.07) is 0.393. The van der Waals surface area contributed by atoms with Crippen molar-refractivity contribution in [3.8, 4) is 0 Å². The molecule has 1 amide bonds. The lowest BCUT2D eigenvalue weighted by Gasteiger charge is -2.54. The molecule has 0 radical (unpaired) electrons. The first-order valence-electron chi connectivity index (χ1n) is 8.60. The maximum absolute atomic E-state index is 12.9. The second kappa shape index (κ2) is 4.72. The standard InChI is InChI=1S/C17H28N2O/c1-19(9-12-7-15(18)8-12)17(20)16-13-3-10-2-11(5-13)6-14(16)4-10/h10-16H,2-9,18H2,1H3. The van der Waals surface area contributed by atoms with E-state index in [9.17, 15) is 4.79 Å². The second-order valence-electron chi connectivity index (χ2n) is 8.27. The van der Waals surface area contributed by atoms with Crippen molar-refractivity contribution in [3.05, 3.63) is 0 Å². The predicted octanol–water partition coefficient (Wildman–Crippen LogP) is 2.25. The van der Waals surface area contributed by atoms with Gasteiger partial charge in [-0.15, -0.1) is 0 Å². The van der Waals surface area contributed by atoms with E-state index in [-0.39, 0.29) is 0 Å². The summed E-state index contributed by atoms with van der Waals surface area (Å²) >= 11 is 0. The zero-order chi connectivity index (χ0) is 13.9. The molecule has 2 N–H and O–H groups in total. The Kier molecular flexibility index (Phi) is 3.10. The Morgan fingerprint density at radius 2 is 1.55 bits per heavy atom. The van der Waals surface area contributed by atoms with E-state index in [1.165, 1.54) is 32.1 Å². The maximum atomic E-state index is 12.9. The van der Waals surface area contributed by atoms with Crippen molar-refractivity contribution < 1.29 is 4.79 Å². The molecule has 5 aliphatic rings. The maximum Gasteiger partial charge on any atom is 0.225 e. The van der Waals surface area contributed by atoms with Crippen LogP contribution in [-0.2, 0) is 4.79 Å². The summed E-state index contributed by atoms with van der Waals surface area (Å²) in [5.41, 5.74) is 5.85. The lowest BCUT2D eigenvalue weighted by Crippen LogP contribution is -2.52. The van der Waals surface area contributed by atoms with Gasteiger partial charge in [-0.1, -0.05) is 0 Å². The van der Waals surface area contributed by atoms with E-state index in [4.69, 9.17) is 5.73 Å². The molecule has 4 bridgehead atoms. The SMILES string of the molecule is CN(CC1CC(N)C1)C(=O)C1C2CC3CC(C2)CC1C3. The predicted molar refractivity (Wildman–Crippen MR) is 78.9 cm³/mol. The molecule has 0 aromatic heterocycles. The van der Waals surface area contributed by atoms with Gasteiger partial charge in [-0.2, -0.15) is 0 Å². The number of nitrogens with zero attached hydrogens (tertiary/aromatic N) is 1. The van der Waals surface area contributed by atoms with E-state index in [1.54, 1.807) is 0 Å². The van der Waals surface area contributed by atoms with Crippen LogP contribution in [0.2, 0.25) is 0 Å². The minimum Gasteiger partial charge on any atom is -0.345 e. The van der Waals surface area contributed by atoms with Crippen LogP contribution in [0.25, 0.3) is 0 Å². The highest BCUT2D eigenvalue weighted by molar-refractivity contribution is 5.79. The molecule has 5 fully saturated rings. The monoisotopic (exact) mass is 276 g/mol. The van der Waals surface area contributed by atoms with Gasteiger partial charge in [0.15, 0.2) is 0 Å². The number of hydrogen-bond acceptors (Lipinski definition) is 2. The Morgan fingerprint density at radius 1 is 1.00 bits per heavy atom. The Bertz CT molecular complexity index is 374. The first-order chi connectivity index (χ1) is 9.60. The van der Waals surface area contributed by atoms with Crippen molar-refractivity contribution in [1.82, 2.24) is 4.90 Å². The lowest BCUT2D eigenvalue weighted by molar-refractivity contribution is -0.148. The number of rotatable bonds is 3. The van der Waals surface area contributed by atoms with Crippen LogP contribution in [0.3, 0.4) is 0 Å². The molecule has 3 heteroatoms. The fraction of sp³-hybridized carbons (Fsp3) is 0.941. The van der Waals surface area contributed by atoms with Gasteiger partial charge in [0.05, 0.1) is 0 Å². The summed E-state index contributed by atoms with van der Waals surface area (Å²) in [6.45, 7) is 0.940. The van der Waals surface area contributed by atoms with E-state index >= 15 is 0 Å². The van der Waals surface area contributed by atoms with Gasteiger partial charge >= 0.3 is 0 Å². The number of hydrogen-bond donors (Lipinski definition) is 1. The first-order valence-corrected chi connectivity index (χ1v) is 8.60. The molecule has 0 aliphatic heterocycles. The molecule has 5 saturated carbocycles. The molecular formula is C17H28N2O. The fourth-order valence-corrected chi connectivity index (χ4v) is 6.00. The summed E-state index contributed by atoms with van der Waals surface area (Å²) in [5, 5.41) is 0. The average Bonchev–Trinajstić information content (AvgIpc) is 2.35. The summed E-state index contributed by atoms with van der Waals surface area (Å²) in [6.07, 6.45) is 9.04. The third kappa shape index (κ3) is 2.09. The van der Waals surface area contributed by atoms with Gasteiger partial charge in [-0.05, 0) is 74.5 Å². The van der Waals surface area contributed by atoms with Gasteiger partial charge < -0.3 is 10.6 Å². The van der Waals surface area contributed by atoms with Crippen molar-refractivity contribution in [3.63, 3.8) is 0 Å². The molecule has 0 saturated heterocycles. The highest BCUT2D eigenvalue weighted by Gasteiger charge is 2.51. The molecule has 20 heavy (non-hydrogen) atoms. The van der Waals surface area contributed by atoms with Crippen LogP contribution >= 0.6 is 0 Å². The van der Waals surface area contributed by atoms with Crippen LogP contribution in [-0.4, -0.2) is 30.4 Å². The summed E-state index contributed by atoms with van der Waals surface area (Å²) < 4.78 is 0. The molecule has 0 atom stereocenters. The van der Waals surface area contributed by atoms with Gasteiger partial charge in [0.25, 0.3) is 0 Å². The van der Waals surface area contributed by atoms with Crippen LogP contribution in [0.1, 0.15) is 44.9 Å². The molecular weight excluding hydrogens is 248 g/mol. The Morgan fingerprint density at radius 3 is 2.05 bits per heavy atom. The van der Waals surface area contributed by atoms with Crippen molar-refractivity contribution in [2.75, 3.05) is 13.6 Å². The van der Waals surface area contributed by atoms with Gasteiger partial charge in [0, 0.05) is 25.6 Å². The van der Waals surface area contributed by atoms with E-state index in [2.05, 4.69) is 0 Å². The summed E-state index contributed by atoms with van der Waals surface area (Å²) in [4.78, 5) is 14.9. The van der Waals surface area contributed by atoms with Gasteiger partial charge in [-0.25, -0.2) is 0 Å². The van der Waals surface area contributed by atoms with Gasteiger partial charge in [0.1, 0.15) is 0 Å². The van der Waals surface area contributed by atoms with E-state index in [0.29, 0.717) is 35.6 Å². The molecule has 112 valence electrons. The van der Waals surface area contributed by atoms with Crippen molar-refractivity contribution in [2.24, 2.45) is 41.2 Å². The molecule has 5 aliphatic carbocycles. The highest BCUT2D eigenvalue weighted by atomic mass is 16.2. The zero-order valence-corrected chi connectivity index (χ0v) is 12.6. The highest BCUT2D eigenvalue weighted by Crippen LogP contribution is 2.56. The first kappa shape index (κ1) is 13.1. The van der Waals surface area contributed by atoms with Crippen LogP contribution < -0.4 is 5.73 Å². The van der Waals surface area contributed by atoms with Crippen LogP contribution in [0.4, 0.5) is 0 Å². The lowest BCUT2D eigenvalue weighted by atomic mass is 9.51. The van der Waals surface area contributed by atoms with Crippen molar-refractivity contribution in [1.29, 1.82) is 0 Å². The third-order valence-electron chi connectivity index (χ3n) is 6.69. The van der Waals surface area contributed by atoms with Gasteiger partial charge in [0.2, 0.25) is 5.91 Å². The van der Waals surface area contributed by atoms with Crippen LogP contribution in [0.15, 0.2) is 0 Å². The number of carbonyl (C=O) groups excluding carboxylic acids is 1. The van der Waals surface area contributed by atoms with Crippen molar-refractivity contribution in [2.45, 2.75) is 51.0 Å². The minimum atomic E-state index is 0.363. The van der Waals surface area contributed by atoms with Gasteiger partial charge in [-0.3, -0.25) is 4.79 Å². The normalized spacial score (nSPS) is 49.0. The third-order valence-corrected chi connectivity index (χ3v) is 6.69. The average molecular weight is 276 g/mol. The van der Waals surface area contributed by atoms with Crippen LogP contribution in [0.5, 0.6) is 0 Å². The van der Waals surface area contributed by atoms with E-state index < -0.39 is 0 Å². The number of nitrogens with two attached hydrogens (primary N) is 1. The Labute approximate surface area is 122 Å². The smallest absolute Gasteiger partial charge is 0.225 e. The van der Waals surface area contributed by atoms with Crippen molar-refractivity contribution >= 4 is 5.91 Å². The molecule has 0 aromatic rings. The van der Waals surface area contributed by atoms with E-state index in [0.717, 1.165) is 31.2 Å². The molecule has 0 aromatic carbocycles. The molecule has 0 heterocycles. The summed E-state index contributed by atoms with van der Waals surface area (Å²) in [5.74, 6) is 4.82. The molecule has 5 rings (SSSR count). The molecule has 0 spiro atoms. The fourth-order valence-electron chi connectivity index (χ4n) is 6.00. The minimum absolute atomic E-state index is 0.363. The quantitative estimate of drug-likeness (QED) is 0.859. The Balaban J connectivity index is 1.40. The largest absolute Gasteiger partial charge is 0.345 e. The molecule has 0 unspecified atom stereocenters. The number of amides is 1. The number of carbonyl (C=O) groups is 1. The zero-order valence-electron chi connectivity index (χ0n) is 12.6. The summed E-state index contributed by atoms with van der Waals surface area (Å²) in [7, 11) is 2.03.